The zero-order valence-electron chi connectivity index (χ0n) is 18.9. The molecule has 166 valence electrons. The van der Waals surface area contributed by atoms with Crippen LogP contribution in [-0.2, 0) is 14.9 Å². The van der Waals surface area contributed by atoms with E-state index in [4.69, 9.17) is 4.74 Å². The molecule has 8 rings (SSSR count). The number of para-hydroxylation sites is 1. The van der Waals surface area contributed by atoms with Gasteiger partial charge in [-0.1, -0.05) is 59.7 Å². The van der Waals surface area contributed by atoms with Crippen molar-refractivity contribution in [1.82, 2.24) is 4.90 Å². The summed E-state index contributed by atoms with van der Waals surface area (Å²) in [5.74, 6) is 0.964. The van der Waals surface area contributed by atoms with Gasteiger partial charge in [0.15, 0.2) is 0 Å². The van der Waals surface area contributed by atoms with Crippen molar-refractivity contribution < 1.29 is 9.53 Å². The zero-order valence-corrected chi connectivity index (χ0v) is 18.9. The van der Waals surface area contributed by atoms with Crippen LogP contribution in [0.5, 0.6) is 0 Å². The van der Waals surface area contributed by atoms with Crippen molar-refractivity contribution in [3.05, 3.63) is 82.4 Å². The Kier molecular flexibility index (Phi) is 3.54. The lowest BCUT2D eigenvalue weighted by Crippen LogP contribution is -2.69. The maximum absolute atomic E-state index is 14.3. The monoisotopic (exact) mass is 436 g/mol. The summed E-state index contributed by atoms with van der Waals surface area (Å²) in [6, 6.07) is 18.0. The molecule has 2 aromatic rings. The van der Waals surface area contributed by atoms with Crippen LogP contribution in [0.15, 0.2) is 65.8 Å². The zero-order chi connectivity index (χ0) is 21.9. The quantitative estimate of drug-likeness (QED) is 0.499. The summed E-state index contributed by atoms with van der Waals surface area (Å²) >= 11 is 0. The lowest BCUT2D eigenvalue weighted by Gasteiger charge is -2.59. The first-order chi connectivity index (χ1) is 16.2. The van der Waals surface area contributed by atoms with E-state index in [1.54, 1.807) is 5.57 Å². The van der Waals surface area contributed by atoms with Crippen LogP contribution in [0.1, 0.15) is 29.5 Å². The molecule has 33 heavy (non-hydrogen) atoms. The fraction of sp³-hybridized carbons (Fsp3) is 0.414. The third-order valence-corrected chi connectivity index (χ3v) is 9.63. The summed E-state index contributed by atoms with van der Waals surface area (Å²) in [7, 11) is 0. The minimum absolute atomic E-state index is 0.0420. The van der Waals surface area contributed by atoms with Crippen LogP contribution in [-0.4, -0.2) is 48.7 Å². The molecule has 0 radical (unpaired) electrons. The first kappa shape index (κ1) is 18.7. The highest BCUT2D eigenvalue weighted by atomic mass is 16.5. The van der Waals surface area contributed by atoms with Crippen LogP contribution in [0.25, 0.3) is 6.08 Å². The Hall–Kier alpha value is -2.69. The number of nitrogens with zero attached hydrogens (tertiary/aromatic N) is 2. The van der Waals surface area contributed by atoms with Crippen LogP contribution in [0.4, 0.5) is 5.69 Å². The van der Waals surface area contributed by atoms with E-state index in [-0.39, 0.29) is 23.5 Å². The predicted molar refractivity (Wildman–Crippen MR) is 128 cm³/mol. The molecular weight excluding hydrogens is 408 g/mol. The van der Waals surface area contributed by atoms with E-state index < -0.39 is 0 Å². The average molecular weight is 437 g/mol. The van der Waals surface area contributed by atoms with E-state index in [1.165, 1.54) is 17.5 Å². The Morgan fingerprint density at radius 1 is 1.12 bits per heavy atom. The van der Waals surface area contributed by atoms with Gasteiger partial charge in [0.25, 0.3) is 5.91 Å². The molecule has 1 amide bonds. The molecule has 1 aliphatic carbocycles. The summed E-state index contributed by atoms with van der Waals surface area (Å²) in [6.45, 7) is 4.91. The number of hydrogen-bond acceptors (Lipinski definition) is 3. The topological polar surface area (TPSA) is 32.8 Å². The molecule has 5 heterocycles. The van der Waals surface area contributed by atoms with Crippen molar-refractivity contribution in [2.24, 2.45) is 11.8 Å². The first-order valence-corrected chi connectivity index (χ1v) is 12.4. The Morgan fingerprint density at radius 2 is 1.97 bits per heavy atom. The Labute approximate surface area is 194 Å². The molecule has 5 aliphatic heterocycles. The number of fused-ring (bicyclic) bond motifs is 2. The van der Waals surface area contributed by atoms with Gasteiger partial charge < -0.3 is 9.64 Å². The first-order valence-electron chi connectivity index (χ1n) is 12.4. The van der Waals surface area contributed by atoms with E-state index >= 15 is 0 Å². The lowest BCUT2D eigenvalue weighted by atomic mass is 9.53. The van der Waals surface area contributed by atoms with Gasteiger partial charge >= 0.3 is 0 Å². The number of amides is 1. The van der Waals surface area contributed by atoms with Crippen LogP contribution in [0, 0.1) is 18.8 Å². The summed E-state index contributed by atoms with van der Waals surface area (Å²) in [5, 5.41) is 0. The smallest absolute Gasteiger partial charge is 0.257 e. The Morgan fingerprint density at radius 3 is 2.85 bits per heavy atom. The fourth-order valence-corrected chi connectivity index (χ4v) is 8.43. The maximum Gasteiger partial charge on any atom is 0.257 e. The number of ether oxygens (including phenoxy) is 1. The van der Waals surface area contributed by atoms with Gasteiger partial charge in [0.05, 0.1) is 18.8 Å². The SMILES string of the molecule is Cc1ccc(/C=C2/C(=O)N3c4ccccc4[C@]45CCN6CC7=CCO[C@@H]2[C@@H]([C@H]7C[C@H]64)[C@@H]35)cc1. The van der Waals surface area contributed by atoms with Gasteiger partial charge in [-0.05, 0) is 55.5 Å². The van der Waals surface area contributed by atoms with Crippen molar-refractivity contribution in [3.63, 3.8) is 0 Å². The molecule has 0 N–H and O–H groups in total. The largest absolute Gasteiger partial charge is 0.369 e. The van der Waals surface area contributed by atoms with Gasteiger partial charge in [0.2, 0.25) is 0 Å². The van der Waals surface area contributed by atoms with Crippen molar-refractivity contribution in [2.75, 3.05) is 24.6 Å². The summed E-state index contributed by atoms with van der Waals surface area (Å²) in [6.07, 6.45) is 6.64. The minimum Gasteiger partial charge on any atom is -0.369 e. The lowest BCUT2D eigenvalue weighted by molar-refractivity contribution is -0.123. The summed E-state index contributed by atoms with van der Waals surface area (Å²) < 4.78 is 6.59. The Bertz CT molecular complexity index is 1260. The van der Waals surface area contributed by atoms with Crippen molar-refractivity contribution in [3.8, 4) is 0 Å². The molecule has 4 heteroatoms. The molecule has 1 spiro atoms. The fourth-order valence-electron chi connectivity index (χ4n) is 8.43. The van der Waals surface area contributed by atoms with E-state index in [0.717, 1.165) is 36.3 Å². The molecule has 1 saturated carbocycles. The predicted octanol–water partition coefficient (Wildman–Crippen LogP) is 4.09. The van der Waals surface area contributed by atoms with E-state index in [0.29, 0.717) is 24.5 Å². The number of carbonyl (C=O) groups excluding carboxylic acids is 1. The molecule has 0 aromatic heterocycles. The molecule has 2 bridgehead atoms. The molecule has 4 fully saturated rings. The second-order valence-electron chi connectivity index (χ2n) is 10.9. The van der Waals surface area contributed by atoms with Gasteiger partial charge in [-0.3, -0.25) is 9.69 Å². The van der Waals surface area contributed by atoms with Crippen molar-refractivity contribution >= 4 is 17.7 Å². The highest BCUT2D eigenvalue weighted by Crippen LogP contribution is 2.66. The standard InChI is InChI=1S/C29H28N2O2/c1-17-6-8-18(9-7-17)14-21-26-25-20-15-24-29(11-12-30(24)16-19(20)10-13-33-26)22-4-2-3-5-23(22)31(27(25)29)28(21)32/h2-10,14,20,24-27H,11-13,15-16H2,1H3/b21-14+/t20-,24-,25+,26-,27+,29+/m0/s1. The number of piperidine rings is 2. The van der Waals surface area contributed by atoms with Gasteiger partial charge in [0.1, 0.15) is 0 Å². The normalized spacial score (nSPS) is 38.9. The molecule has 3 saturated heterocycles. The van der Waals surface area contributed by atoms with E-state index in [9.17, 15) is 4.79 Å². The van der Waals surface area contributed by atoms with Gasteiger partial charge in [-0.2, -0.15) is 0 Å². The molecule has 4 nitrogen and oxygen atoms in total. The second kappa shape index (κ2) is 6.25. The summed E-state index contributed by atoms with van der Waals surface area (Å²) in [4.78, 5) is 19.2. The molecule has 2 aromatic carbocycles. The number of carbonyl (C=O) groups is 1. The van der Waals surface area contributed by atoms with E-state index in [2.05, 4.69) is 77.4 Å². The van der Waals surface area contributed by atoms with E-state index in [1.807, 2.05) is 0 Å². The molecular formula is C29H28N2O2. The second-order valence-corrected chi connectivity index (χ2v) is 10.9. The molecule has 6 aliphatic rings. The van der Waals surface area contributed by atoms with Crippen LogP contribution in [0.3, 0.4) is 0 Å². The summed E-state index contributed by atoms with van der Waals surface area (Å²) in [5.41, 5.74) is 7.28. The molecule has 0 unspecified atom stereocenters. The number of aryl methyl sites for hydroxylation is 1. The number of rotatable bonds is 1. The number of hydrogen-bond donors (Lipinski definition) is 0. The third-order valence-electron chi connectivity index (χ3n) is 9.63. The number of benzene rings is 2. The Balaban J connectivity index is 1.38. The third kappa shape index (κ3) is 2.17. The number of anilines is 1. The van der Waals surface area contributed by atoms with Crippen LogP contribution >= 0.6 is 0 Å². The van der Waals surface area contributed by atoms with Crippen LogP contribution < -0.4 is 4.90 Å². The highest BCUT2D eigenvalue weighted by Gasteiger charge is 2.71. The maximum atomic E-state index is 14.3. The van der Waals surface area contributed by atoms with Crippen LogP contribution in [0.2, 0.25) is 0 Å². The molecule has 6 atom stereocenters. The van der Waals surface area contributed by atoms with Gasteiger partial charge in [-0.15, -0.1) is 0 Å². The minimum atomic E-state index is -0.141. The van der Waals surface area contributed by atoms with Gasteiger partial charge in [0, 0.05) is 35.2 Å². The van der Waals surface area contributed by atoms with Crippen molar-refractivity contribution in [1.29, 1.82) is 0 Å². The van der Waals surface area contributed by atoms with Gasteiger partial charge in [-0.25, -0.2) is 0 Å². The van der Waals surface area contributed by atoms with Crippen molar-refractivity contribution in [2.45, 2.75) is 43.4 Å². The highest BCUT2D eigenvalue weighted by molar-refractivity contribution is 6.12. The average Bonchev–Trinajstić information content (AvgIpc) is 3.29.